The molecule has 0 aromatic heterocycles. The minimum Gasteiger partial charge on any atom is -0.497 e. The zero-order valence-electron chi connectivity index (χ0n) is 25.0. The molecule has 2 heterocycles. The number of rotatable bonds is 6. The standard InChI is InChI=1S/C33H44FN5O2/c1-20-18-39(13-11-35-20)32(37-30-16-24-15-28(21(30)2)33(24,3)4)36-25-7-9-27-23(14-25)19-38(31(27)40)12-10-22-6-8-26(41-5)17-29(22)34/h6-9,14,17,20-21,24,28,30,35H,10-13,15-16,18-19H2,1-5H3,(H,36,37)/t20-,21-,24-,28+,30-/m0/s1. The molecule has 2 bridgehead atoms. The molecule has 8 heteroatoms. The maximum absolute atomic E-state index is 14.5. The lowest BCUT2D eigenvalue weighted by atomic mass is 9.45. The average Bonchev–Trinajstić information content (AvgIpc) is 3.26. The highest BCUT2D eigenvalue weighted by Crippen LogP contribution is 2.61. The number of guanidine groups is 1. The highest BCUT2D eigenvalue weighted by molar-refractivity contribution is 6.00. The summed E-state index contributed by atoms with van der Waals surface area (Å²) in [7, 11) is 1.52. The normalized spacial score (nSPS) is 28.8. The van der Waals surface area contributed by atoms with Crippen molar-refractivity contribution in [2.45, 2.75) is 65.6 Å². The number of piperazine rings is 1. The van der Waals surface area contributed by atoms with E-state index in [1.165, 1.54) is 19.6 Å². The van der Waals surface area contributed by atoms with Gasteiger partial charge in [0.25, 0.3) is 5.91 Å². The fraction of sp³-hybridized carbons (Fsp3) is 0.576. The van der Waals surface area contributed by atoms with Gasteiger partial charge < -0.3 is 25.2 Å². The summed E-state index contributed by atoms with van der Waals surface area (Å²) in [5, 5.41) is 7.23. The summed E-state index contributed by atoms with van der Waals surface area (Å²) in [6.45, 7) is 13.2. The molecule has 2 aromatic rings. The van der Waals surface area contributed by atoms with Gasteiger partial charge in [0.05, 0.1) is 13.2 Å². The van der Waals surface area contributed by atoms with Gasteiger partial charge in [-0.05, 0) is 84.7 Å². The smallest absolute Gasteiger partial charge is 0.254 e. The average molecular weight is 562 g/mol. The van der Waals surface area contributed by atoms with Crippen LogP contribution in [0.3, 0.4) is 0 Å². The Kier molecular flexibility index (Phi) is 7.47. The lowest BCUT2D eigenvalue weighted by Crippen LogP contribution is -2.57. The highest BCUT2D eigenvalue weighted by atomic mass is 19.1. The number of ether oxygens (including phenoxy) is 1. The number of fused-ring (bicyclic) bond motifs is 3. The Labute approximate surface area is 243 Å². The van der Waals surface area contributed by atoms with E-state index in [0.717, 1.165) is 60.7 Å². The molecule has 0 spiro atoms. The molecule has 7 nitrogen and oxygen atoms in total. The topological polar surface area (TPSA) is 69.2 Å². The Bertz CT molecular complexity index is 1340. The number of methoxy groups -OCH3 is 1. The second-order valence-corrected chi connectivity index (χ2v) is 13.2. The van der Waals surface area contributed by atoms with E-state index in [9.17, 15) is 9.18 Å². The molecule has 2 aliphatic heterocycles. The number of amides is 1. The van der Waals surface area contributed by atoms with Crippen molar-refractivity contribution in [3.63, 3.8) is 0 Å². The Morgan fingerprint density at radius 2 is 2.02 bits per heavy atom. The quantitative estimate of drug-likeness (QED) is 0.377. The van der Waals surface area contributed by atoms with Crippen molar-refractivity contribution < 1.29 is 13.9 Å². The van der Waals surface area contributed by atoms with Crippen LogP contribution < -0.4 is 15.4 Å². The Hall–Kier alpha value is -3.13. The SMILES string of the molecule is COc1ccc(CCN2Cc3cc(NC(=N[C@H]4C[C@@H]5C[C@H]([C@@H]4C)C5(C)C)N4CCN[C@@H](C)C4)ccc3C2=O)c(F)c1. The van der Waals surface area contributed by atoms with Gasteiger partial charge in [0, 0.05) is 56.1 Å². The first-order valence-corrected chi connectivity index (χ1v) is 15.2. The maximum atomic E-state index is 14.5. The molecule has 1 amide bonds. The van der Waals surface area contributed by atoms with Gasteiger partial charge >= 0.3 is 0 Å². The van der Waals surface area contributed by atoms with Gasteiger partial charge in [-0.15, -0.1) is 0 Å². The van der Waals surface area contributed by atoms with Gasteiger partial charge in [0.2, 0.25) is 0 Å². The molecular weight excluding hydrogens is 517 g/mol. The van der Waals surface area contributed by atoms with Crippen LogP contribution in [-0.2, 0) is 13.0 Å². The second-order valence-electron chi connectivity index (χ2n) is 13.2. The molecule has 2 N–H and O–H groups in total. The molecule has 3 aliphatic carbocycles. The lowest BCUT2D eigenvalue weighted by Gasteiger charge is -2.61. The fourth-order valence-electron chi connectivity index (χ4n) is 7.65. The number of hydrogen-bond acceptors (Lipinski definition) is 4. The van der Waals surface area contributed by atoms with Crippen LogP contribution in [0.25, 0.3) is 0 Å². The summed E-state index contributed by atoms with van der Waals surface area (Å²) in [5.74, 6) is 3.20. The number of carbonyl (C=O) groups is 1. The zero-order chi connectivity index (χ0) is 28.9. The third kappa shape index (κ3) is 5.31. The first-order valence-electron chi connectivity index (χ1n) is 15.2. The van der Waals surface area contributed by atoms with Crippen LogP contribution in [0.2, 0.25) is 0 Å². The molecule has 0 radical (unpaired) electrons. The van der Waals surface area contributed by atoms with Gasteiger partial charge in [0.1, 0.15) is 11.6 Å². The van der Waals surface area contributed by atoms with E-state index in [2.05, 4.69) is 49.3 Å². The predicted octanol–water partition coefficient (Wildman–Crippen LogP) is 5.17. The molecule has 3 saturated carbocycles. The number of anilines is 1. The molecule has 41 heavy (non-hydrogen) atoms. The van der Waals surface area contributed by atoms with Gasteiger partial charge in [-0.3, -0.25) is 4.79 Å². The molecular formula is C33H44FN5O2. The van der Waals surface area contributed by atoms with E-state index in [4.69, 9.17) is 9.73 Å². The summed E-state index contributed by atoms with van der Waals surface area (Å²) in [6, 6.07) is 11.6. The molecule has 0 unspecified atom stereocenters. The van der Waals surface area contributed by atoms with Crippen LogP contribution in [0.5, 0.6) is 5.75 Å². The predicted molar refractivity (Wildman–Crippen MR) is 161 cm³/mol. The fourth-order valence-corrected chi connectivity index (χ4v) is 7.65. The Balaban J connectivity index is 1.17. The van der Waals surface area contributed by atoms with E-state index in [0.29, 0.717) is 54.2 Å². The van der Waals surface area contributed by atoms with Crippen molar-refractivity contribution in [1.82, 2.24) is 15.1 Å². The Morgan fingerprint density at radius 1 is 1.20 bits per heavy atom. The third-order valence-corrected chi connectivity index (χ3v) is 10.4. The van der Waals surface area contributed by atoms with Crippen LogP contribution in [0.1, 0.15) is 62.0 Å². The number of benzene rings is 2. The van der Waals surface area contributed by atoms with E-state index >= 15 is 0 Å². The van der Waals surface area contributed by atoms with Crippen LogP contribution in [0.4, 0.5) is 10.1 Å². The second kappa shape index (κ2) is 10.9. The molecule has 2 aromatic carbocycles. The third-order valence-electron chi connectivity index (χ3n) is 10.4. The van der Waals surface area contributed by atoms with E-state index < -0.39 is 0 Å². The largest absolute Gasteiger partial charge is 0.497 e. The van der Waals surface area contributed by atoms with E-state index in [1.54, 1.807) is 12.1 Å². The van der Waals surface area contributed by atoms with E-state index in [-0.39, 0.29) is 11.7 Å². The van der Waals surface area contributed by atoms with Crippen molar-refractivity contribution in [3.05, 3.63) is 58.9 Å². The molecule has 7 rings (SSSR count). The number of aliphatic imine (C=N–C) groups is 1. The Morgan fingerprint density at radius 3 is 2.73 bits per heavy atom. The molecule has 5 aliphatic rings. The highest BCUT2D eigenvalue weighted by Gasteiger charge is 2.56. The minimum atomic E-state index is -0.304. The number of hydrogen-bond donors (Lipinski definition) is 2. The first-order chi connectivity index (χ1) is 19.6. The molecule has 220 valence electrons. The lowest BCUT2D eigenvalue weighted by molar-refractivity contribution is -0.108. The van der Waals surface area contributed by atoms with Crippen LogP contribution in [-0.4, -0.2) is 67.0 Å². The van der Waals surface area contributed by atoms with Crippen molar-refractivity contribution >= 4 is 17.6 Å². The van der Waals surface area contributed by atoms with Crippen LogP contribution in [0.15, 0.2) is 41.4 Å². The van der Waals surface area contributed by atoms with E-state index in [1.807, 2.05) is 17.0 Å². The van der Waals surface area contributed by atoms with Crippen molar-refractivity contribution in [1.29, 1.82) is 0 Å². The van der Waals surface area contributed by atoms with Crippen LogP contribution in [0, 0.1) is 29.0 Å². The summed E-state index contributed by atoms with van der Waals surface area (Å²) in [5.41, 5.74) is 3.69. The van der Waals surface area contributed by atoms with Crippen molar-refractivity contribution in [2.75, 3.05) is 38.6 Å². The minimum absolute atomic E-state index is 0.00293. The number of halogens is 1. The summed E-state index contributed by atoms with van der Waals surface area (Å²) in [4.78, 5) is 22.8. The molecule has 4 fully saturated rings. The first kappa shape index (κ1) is 28.0. The summed E-state index contributed by atoms with van der Waals surface area (Å²) < 4.78 is 19.6. The molecule has 1 saturated heterocycles. The van der Waals surface area contributed by atoms with Gasteiger partial charge in [-0.2, -0.15) is 0 Å². The summed E-state index contributed by atoms with van der Waals surface area (Å²) >= 11 is 0. The van der Waals surface area contributed by atoms with Crippen molar-refractivity contribution in [3.8, 4) is 5.75 Å². The van der Waals surface area contributed by atoms with Crippen molar-refractivity contribution in [2.24, 2.45) is 28.2 Å². The van der Waals surface area contributed by atoms with Gasteiger partial charge in [-0.1, -0.05) is 26.8 Å². The maximum Gasteiger partial charge on any atom is 0.254 e. The number of carbonyl (C=O) groups excluding carboxylic acids is 1. The monoisotopic (exact) mass is 561 g/mol. The zero-order valence-corrected chi connectivity index (χ0v) is 25.0. The molecule has 5 atom stereocenters. The van der Waals surface area contributed by atoms with Gasteiger partial charge in [-0.25, -0.2) is 9.38 Å². The van der Waals surface area contributed by atoms with Gasteiger partial charge in [0.15, 0.2) is 5.96 Å². The summed E-state index contributed by atoms with van der Waals surface area (Å²) in [6.07, 6.45) is 2.95. The number of nitrogens with one attached hydrogen (secondary N) is 2. The number of nitrogens with zero attached hydrogens (tertiary/aromatic N) is 3. The van der Waals surface area contributed by atoms with Crippen LogP contribution >= 0.6 is 0 Å².